The summed E-state index contributed by atoms with van der Waals surface area (Å²) in [6, 6.07) is 20.4. The third-order valence-corrected chi connectivity index (χ3v) is 6.25. The predicted octanol–water partition coefficient (Wildman–Crippen LogP) is 6.73. The van der Waals surface area contributed by atoms with E-state index in [-0.39, 0.29) is 11.6 Å². The van der Waals surface area contributed by atoms with Gasteiger partial charge in [-0.15, -0.1) is 6.58 Å². The molecule has 4 aromatic rings. The molecule has 226 valence electrons. The van der Waals surface area contributed by atoms with Crippen LogP contribution in [-0.4, -0.2) is 50.5 Å². The minimum atomic E-state index is -5.08. The van der Waals surface area contributed by atoms with Crippen molar-refractivity contribution in [3.63, 3.8) is 0 Å². The summed E-state index contributed by atoms with van der Waals surface area (Å²) >= 11 is 0. The van der Waals surface area contributed by atoms with Gasteiger partial charge < -0.3 is 25.4 Å². The van der Waals surface area contributed by atoms with Crippen LogP contribution in [-0.2, 0) is 17.8 Å². The number of unbranched alkanes of at least 4 members (excludes halogenated alkanes) is 1. The number of anilines is 1. The van der Waals surface area contributed by atoms with E-state index in [9.17, 15) is 27.9 Å². The van der Waals surface area contributed by atoms with E-state index in [1.54, 1.807) is 18.2 Å². The molecule has 0 atom stereocenters. The quantitative estimate of drug-likeness (QED) is 0.150. The fourth-order valence-electron chi connectivity index (χ4n) is 4.19. The number of carbonyl (C=O) groups is 3. The summed E-state index contributed by atoms with van der Waals surface area (Å²) in [5.74, 6) is -2.70. The zero-order chi connectivity index (χ0) is 31.6. The number of aliphatic carboxylic acids is 1. The van der Waals surface area contributed by atoms with Gasteiger partial charge in [-0.3, -0.25) is 0 Å². The first-order valence-electron chi connectivity index (χ1n) is 13.3. The molecule has 43 heavy (non-hydrogen) atoms. The molecule has 1 aromatic heterocycles. The average Bonchev–Trinajstić information content (AvgIpc) is 3.31. The largest absolute Gasteiger partial charge is 0.490 e. The maximum Gasteiger partial charge on any atom is 0.490 e. The van der Waals surface area contributed by atoms with E-state index in [2.05, 4.69) is 28.7 Å². The lowest BCUT2D eigenvalue weighted by atomic mass is 9.99. The highest BCUT2D eigenvalue weighted by Crippen LogP contribution is 2.26. The Hall–Kier alpha value is -5.13. The lowest BCUT2D eigenvalue weighted by Gasteiger charge is -2.12. The summed E-state index contributed by atoms with van der Waals surface area (Å²) in [7, 11) is 0. The number of nitrogens with one attached hydrogen (secondary N) is 2. The number of hydrogen-bond donors (Lipinski definition) is 4. The van der Waals surface area contributed by atoms with Crippen LogP contribution in [0.25, 0.3) is 22.2 Å². The Kier molecular flexibility index (Phi) is 11.0. The minimum absolute atomic E-state index is 0.282. The van der Waals surface area contributed by atoms with Crippen LogP contribution in [0.5, 0.6) is 0 Å². The maximum absolute atomic E-state index is 12.1. The van der Waals surface area contributed by atoms with Crippen molar-refractivity contribution in [2.45, 2.75) is 38.9 Å². The number of urea groups is 1. The highest BCUT2D eigenvalue weighted by atomic mass is 19.4. The zero-order valence-corrected chi connectivity index (χ0v) is 23.3. The number of carboxylic acid groups (broad SMARTS) is 2. The molecular weight excluding hydrogens is 565 g/mol. The first-order valence-corrected chi connectivity index (χ1v) is 13.3. The van der Waals surface area contributed by atoms with Crippen molar-refractivity contribution in [3.8, 4) is 11.1 Å². The number of amides is 2. The van der Waals surface area contributed by atoms with Crippen LogP contribution in [0.1, 0.15) is 41.5 Å². The second-order valence-electron chi connectivity index (χ2n) is 9.40. The fraction of sp³-hybridized carbons (Fsp3) is 0.226. The SMILES string of the molecule is C=CCNC(=O)Nc1ccc2nc(CCCC)n(Cc3ccc(-c4ccccc4C(=O)O)cc3)c2c1.O=C(O)C(F)(F)F. The molecule has 0 saturated carbocycles. The molecule has 1 heterocycles. The van der Waals surface area contributed by atoms with Crippen molar-refractivity contribution < 1.29 is 37.8 Å². The molecule has 12 heteroatoms. The van der Waals surface area contributed by atoms with E-state index >= 15 is 0 Å². The van der Waals surface area contributed by atoms with E-state index in [4.69, 9.17) is 14.9 Å². The topological polar surface area (TPSA) is 134 Å². The first kappa shape index (κ1) is 32.4. The highest BCUT2D eigenvalue weighted by Gasteiger charge is 2.38. The van der Waals surface area contributed by atoms with Crippen LogP contribution in [0.15, 0.2) is 79.4 Å². The molecule has 0 fully saturated rings. The second kappa shape index (κ2) is 14.7. The van der Waals surface area contributed by atoms with Gasteiger partial charge in [-0.25, -0.2) is 19.4 Å². The smallest absolute Gasteiger partial charge is 0.478 e. The van der Waals surface area contributed by atoms with Gasteiger partial charge in [0, 0.05) is 25.2 Å². The van der Waals surface area contributed by atoms with Gasteiger partial charge >= 0.3 is 24.1 Å². The third-order valence-electron chi connectivity index (χ3n) is 6.25. The minimum Gasteiger partial charge on any atom is -0.478 e. The summed E-state index contributed by atoms with van der Waals surface area (Å²) in [4.78, 5) is 37.5. The molecule has 0 bridgehead atoms. The molecule has 3 aromatic carbocycles. The van der Waals surface area contributed by atoms with Gasteiger partial charge in [-0.1, -0.05) is 61.9 Å². The van der Waals surface area contributed by atoms with E-state index in [0.29, 0.717) is 24.3 Å². The van der Waals surface area contributed by atoms with Crippen molar-refractivity contribution in [1.29, 1.82) is 0 Å². The summed E-state index contributed by atoms with van der Waals surface area (Å²) in [6.07, 6.45) is -0.498. The molecule has 0 unspecified atom stereocenters. The normalized spacial score (nSPS) is 10.9. The highest BCUT2D eigenvalue weighted by molar-refractivity contribution is 5.96. The van der Waals surface area contributed by atoms with E-state index in [1.807, 2.05) is 54.6 Å². The van der Waals surface area contributed by atoms with Crippen LogP contribution in [0.3, 0.4) is 0 Å². The number of carbonyl (C=O) groups excluding carboxylic acids is 1. The van der Waals surface area contributed by atoms with E-state index < -0.39 is 18.1 Å². The number of hydrogen-bond acceptors (Lipinski definition) is 4. The molecule has 0 radical (unpaired) electrons. The van der Waals surface area contributed by atoms with Gasteiger partial charge in [0.15, 0.2) is 0 Å². The predicted molar refractivity (Wildman–Crippen MR) is 157 cm³/mol. The molecule has 0 aliphatic heterocycles. The monoisotopic (exact) mass is 596 g/mol. The van der Waals surface area contributed by atoms with Gasteiger partial charge in [-0.05, 0) is 47.4 Å². The van der Waals surface area contributed by atoms with Crippen LogP contribution < -0.4 is 10.6 Å². The van der Waals surface area contributed by atoms with Crippen LogP contribution in [0.4, 0.5) is 23.7 Å². The van der Waals surface area contributed by atoms with Gasteiger partial charge in [-0.2, -0.15) is 13.2 Å². The molecule has 0 saturated heterocycles. The Labute approximate surface area is 245 Å². The van der Waals surface area contributed by atoms with Crippen molar-refractivity contribution in [1.82, 2.24) is 14.9 Å². The van der Waals surface area contributed by atoms with Crippen molar-refractivity contribution >= 4 is 34.7 Å². The van der Waals surface area contributed by atoms with Crippen molar-refractivity contribution in [3.05, 3.63) is 96.3 Å². The number of aromatic carboxylic acids is 1. The number of aryl methyl sites for hydroxylation is 1. The summed E-state index contributed by atoms with van der Waals surface area (Å²) in [5, 5.41) is 22.2. The Morgan fingerprint density at radius 1 is 1.02 bits per heavy atom. The van der Waals surface area contributed by atoms with Crippen molar-refractivity contribution in [2.75, 3.05) is 11.9 Å². The Bertz CT molecular complexity index is 1600. The molecule has 0 aliphatic rings. The van der Waals surface area contributed by atoms with E-state index in [1.165, 1.54) is 0 Å². The standard InChI is InChI=1S/C29H30N4O3.C2HF3O2/c1-3-5-10-27-32-25-16-15-22(31-29(36)30-17-4-2)18-26(25)33(27)19-20-11-13-21(14-12-20)23-8-6-7-9-24(23)28(34)35;3-2(4,5)1(6)7/h4,6-9,11-16,18H,2-3,5,10,17,19H2,1H3,(H,34,35)(H2,30,31,36);(H,6,7). The lowest BCUT2D eigenvalue weighted by Crippen LogP contribution is -2.28. The number of benzene rings is 3. The Morgan fingerprint density at radius 2 is 1.70 bits per heavy atom. The third kappa shape index (κ3) is 8.93. The molecule has 4 N–H and O–H groups in total. The molecule has 2 amide bonds. The van der Waals surface area contributed by atoms with Crippen LogP contribution in [0.2, 0.25) is 0 Å². The van der Waals surface area contributed by atoms with Gasteiger partial charge in [0.05, 0.1) is 16.6 Å². The number of fused-ring (bicyclic) bond motifs is 1. The number of nitrogens with zero attached hydrogens (tertiary/aromatic N) is 2. The van der Waals surface area contributed by atoms with Crippen LogP contribution in [0, 0.1) is 0 Å². The summed E-state index contributed by atoms with van der Waals surface area (Å²) in [6.45, 7) is 6.77. The first-order chi connectivity index (χ1) is 20.4. The van der Waals surface area contributed by atoms with Gasteiger partial charge in [0.2, 0.25) is 0 Å². The summed E-state index contributed by atoms with van der Waals surface area (Å²) in [5.41, 5.74) is 5.42. The fourth-order valence-corrected chi connectivity index (χ4v) is 4.19. The number of carboxylic acids is 2. The molecular formula is C31H31F3N4O5. The molecule has 0 aliphatic carbocycles. The lowest BCUT2D eigenvalue weighted by molar-refractivity contribution is -0.192. The summed E-state index contributed by atoms with van der Waals surface area (Å²) < 4.78 is 33.9. The van der Waals surface area contributed by atoms with Crippen molar-refractivity contribution in [2.24, 2.45) is 0 Å². The number of aromatic nitrogens is 2. The molecule has 4 rings (SSSR count). The van der Waals surface area contributed by atoms with Gasteiger partial charge in [0.25, 0.3) is 0 Å². The number of halogens is 3. The van der Waals surface area contributed by atoms with Crippen LogP contribution >= 0.6 is 0 Å². The Balaban J connectivity index is 0.000000646. The molecule has 0 spiro atoms. The second-order valence-corrected chi connectivity index (χ2v) is 9.40. The Morgan fingerprint density at radius 3 is 2.30 bits per heavy atom. The average molecular weight is 597 g/mol. The van der Waals surface area contributed by atoms with Gasteiger partial charge in [0.1, 0.15) is 5.82 Å². The number of rotatable bonds is 10. The molecule has 9 nitrogen and oxygen atoms in total. The number of imidazole rings is 1. The zero-order valence-electron chi connectivity index (χ0n) is 23.3. The van der Waals surface area contributed by atoms with E-state index in [0.717, 1.165) is 47.2 Å². The maximum atomic E-state index is 12.1. The number of alkyl halides is 3.